The van der Waals surface area contributed by atoms with E-state index in [0.29, 0.717) is 30.9 Å². The summed E-state index contributed by atoms with van der Waals surface area (Å²) in [6.07, 6.45) is 2.38. The number of nitrogens with two attached hydrogens (primary N) is 1. The normalized spacial score (nSPS) is 22.8. The van der Waals surface area contributed by atoms with Gasteiger partial charge in [0, 0.05) is 19.3 Å². The zero-order valence-corrected chi connectivity index (χ0v) is 10.6. The van der Waals surface area contributed by atoms with Gasteiger partial charge in [-0.05, 0) is 31.9 Å². The predicted octanol–water partition coefficient (Wildman–Crippen LogP) is 0.963. The van der Waals surface area contributed by atoms with Crippen molar-refractivity contribution in [3.63, 3.8) is 0 Å². The van der Waals surface area contributed by atoms with Crippen LogP contribution in [0.2, 0.25) is 0 Å². The Hall–Kier alpha value is -2.09. The van der Waals surface area contributed by atoms with Crippen molar-refractivity contribution >= 4 is 11.7 Å². The van der Waals surface area contributed by atoms with Crippen LogP contribution in [0, 0.1) is 23.7 Å². The quantitative estimate of drug-likeness (QED) is 0.840. The number of amides is 1. The summed E-state index contributed by atoms with van der Waals surface area (Å²) in [5.41, 5.74) is 6.37. The van der Waals surface area contributed by atoms with E-state index in [2.05, 4.69) is 11.1 Å². The monoisotopic (exact) mass is 244 g/mol. The Kier molecular flexibility index (Phi) is 2.95. The summed E-state index contributed by atoms with van der Waals surface area (Å²) in [4.78, 5) is 17.7. The Bertz CT molecular complexity index is 534. The van der Waals surface area contributed by atoms with E-state index in [1.165, 1.54) is 0 Å². The maximum Gasteiger partial charge on any atom is 0.225 e. The van der Waals surface area contributed by atoms with Crippen LogP contribution < -0.4 is 10.6 Å². The molecule has 0 bridgehead atoms. The van der Waals surface area contributed by atoms with Crippen molar-refractivity contribution in [3.8, 4) is 6.07 Å². The topological polar surface area (TPSA) is 83.0 Å². The molecule has 1 aromatic heterocycles. The molecule has 0 aromatic carbocycles. The minimum atomic E-state index is -0.530. The molecule has 0 aliphatic carbocycles. The smallest absolute Gasteiger partial charge is 0.225 e. The molecule has 0 saturated carbocycles. The van der Waals surface area contributed by atoms with E-state index in [1.54, 1.807) is 6.20 Å². The number of hydrogen-bond donors (Lipinski definition) is 1. The molecule has 1 atom stereocenters. The van der Waals surface area contributed by atoms with Gasteiger partial charge in [-0.3, -0.25) is 4.79 Å². The largest absolute Gasteiger partial charge is 0.369 e. The van der Waals surface area contributed by atoms with Crippen LogP contribution in [0.4, 0.5) is 5.82 Å². The van der Waals surface area contributed by atoms with Crippen LogP contribution in [0.3, 0.4) is 0 Å². The molecule has 2 rings (SSSR count). The summed E-state index contributed by atoms with van der Waals surface area (Å²) in [5, 5.41) is 9.19. The lowest BCUT2D eigenvalue weighted by Gasteiger charge is -2.22. The zero-order valence-electron chi connectivity index (χ0n) is 10.6. The first-order chi connectivity index (χ1) is 8.48. The summed E-state index contributed by atoms with van der Waals surface area (Å²) >= 11 is 0. The van der Waals surface area contributed by atoms with Crippen LogP contribution in [0.1, 0.15) is 24.5 Å². The summed E-state index contributed by atoms with van der Waals surface area (Å²) in [5.74, 6) is 0.360. The van der Waals surface area contributed by atoms with Gasteiger partial charge < -0.3 is 10.6 Å². The van der Waals surface area contributed by atoms with Gasteiger partial charge in [0.05, 0.1) is 11.0 Å². The van der Waals surface area contributed by atoms with Gasteiger partial charge >= 0.3 is 0 Å². The van der Waals surface area contributed by atoms with E-state index >= 15 is 0 Å². The Labute approximate surface area is 106 Å². The van der Waals surface area contributed by atoms with Crippen molar-refractivity contribution in [3.05, 3.63) is 23.4 Å². The maximum atomic E-state index is 11.4. The SMILES string of the molecule is Cc1ccnc(N2CCC(C)(C(N)=O)C2)c1C#N. The van der Waals surface area contributed by atoms with Crippen molar-refractivity contribution in [1.29, 1.82) is 5.26 Å². The van der Waals surface area contributed by atoms with Gasteiger partial charge in [-0.15, -0.1) is 0 Å². The molecule has 18 heavy (non-hydrogen) atoms. The molecule has 2 heterocycles. The molecule has 2 N–H and O–H groups in total. The molecule has 1 unspecified atom stereocenters. The fourth-order valence-electron chi connectivity index (χ4n) is 2.26. The Balaban J connectivity index is 2.34. The molecule has 94 valence electrons. The van der Waals surface area contributed by atoms with Gasteiger partial charge in [0.15, 0.2) is 0 Å². The molecular formula is C13H16N4O. The molecule has 1 fully saturated rings. The minimum absolute atomic E-state index is 0.295. The summed E-state index contributed by atoms with van der Waals surface area (Å²) in [6.45, 7) is 4.96. The lowest BCUT2D eigenvalue weighted by molar-refractivity contribution is -0.125. The lowest BCUT2D eigenvalue weighted by atomic mass is 9.89. The molecule has 0 spiro atoms. The van der Waals surface area contributed by atoms with Gasteiger partial charge in [-0.2, -0.15) is 5.26 Å². The highest BCUT2D eigenvalue weighted by Crippen LogP contribution is 2.33. The third kappa shape index (κ3) is 1.90. The van der Waals surface area contributed by atoms with E-state index in [9.17, 15) is 10.1 Å². The zero-order chi connectivity index (χ0) is 13.3. The second-order valence-electron chi connectivity index (χ2n) is 5.03. The van der Waals surface area contributed by atoms with E-state index in [-0.39, 0.29) is 5.91 Å². The first kappa shape index (κ1) is 12.4. The van der Waals surface area contributed by atoms with Crippen molar-refractivity contribution in [2.75, 3.05) is 18.0 Å². The van der Waals surface area contributed by atoms with Crippen LogP contribution in [0.25, 0.3) is 0 Å². The molecule has 1 aromatic rings. The molecule has 1 amide bonds. The van der Waals surface area contributed by atoms with Gasteiger partial charge in [0.25, 0.3) is 0 Å². The van der Waals surface area contributed by atoms with Gasteiger partial charge in [-0.25, -0.2) is 4.98 Å². The Morgan fingerprint density at radius 2 is 2.39 bits per heavy atom. The van der Waals surface area contributed by atoms with Crippen molar-refractivity contribution < 1.29 is 4.79 Å². The van der Waals surface area contributed by atoms with Gasteiger partial charge in [0.2, 0.25) is 5.91 Å². The Morgan fingerprint density at radius 1 is 1.67 bits per heavy atom. The fraction of sp³-hybridized carbons (Fsp3) is 0.462. The average Bonchev–Trinajstić information content (AvgIpc) is 2.73. The third-order valence-electron chi connectivity index (χ3n) is 3.62. The van der Waals surface area contributed by atoms with E-state index in [0.717, 1.165) is 5.56 Å². The van der Waals surface area contributed by atoms with Crippen LogP contribution in [-0.2, 0) is 4.79 Å². The first-order valence-electron chi connectivity index (χ1n) is 5.88. The number of hydrogen-bond acceptors (Lipinski definition) is 4. The highest BCUT2D eigenvalue weighted by molar-refractivity contribution is 5.82. The third-order valence-corrected chi connectivity index (χ3v) is 3.62. The van der Waals surface area contributed by atoms with Crippen molar-refractivity contribution in [2.45, 2.75) is 20.3 Å². The van der Waals surface area contributed by atoms with E-state index in [1.807, 2.05) is 24.8 Å². The fourth-order valence-corrected chi connectivity index (χ4v) is 2.26. The van der Waals surface area contributed by atoms with Crippen molar-refractivity contribution in [2.24, 2.45) is 11.1 Å². The lowest BCUT2D eigenvalue weighted by Crippen LogP contribution is -2.37. The molecule has 5 heteroatoms. The van der Waals surface area contributed by atoms with Crippen molar-refractivity contribution in [1.82, 2.24) is 4.98 Å². The van der Waals surface area contributed by atoms with Crippen LogP contribution >= 0.6 is 0 Å². The highest BCUT2D eigenvalue weighted by atomic mass is 16.1. The number of aryl methyl sites for hydroxylation is 1. The summed E-state index contributed by atoms with van der Waals surface area (Å²) in [6, 6.07) is 3.99. The minimum Gasteiger partial charge on any atom is -0.369 e. The summed E-state index contributed by atoms with van der Waals surface area (Å²) < 4.78 is 0. The number of pyridine rings is 1. The molecule has 5 nitrogen and oxygen atoms in total. The molecule has 0 radical (unpaired) electrons. The van der Waals surface area contributed by atoms with E-state index < -0.39 is 5.41 Å². The second-order valence-corrected chi connectivity index (χ2v) is 5.03. The number of nitrogens with zero attached hydrogens (tertiary/aromatic N) is 3. The van der Waals surface area contributed by atoms with Gasteiger partial charge in [0.1, 0.15) is 11.9 Å². The number of carbonyl (C=O) groups excluding carboxylic acids is 1. The maximum absolute atomic E-state index is 11.4. The van der Waals surface area contributed by atoms with E-state index in [4.69, 9.17) is 5.73 Å². The number of aromatic nitrogens is 1. The first-order valence-corrected chi connectivity index (χ1v) is 5.88. The van der Waals surface area contributed by atoms with Crippen LogP contribution in [0.5, 0.6) is 0 Å². The molecule has 1 aliphatic heterocycles. The predicted molar refractivity (Wildman–Crippen MR) is 67.8 cm³/mol. The Morgan fingerprint density at radius 3 is 2.94 bits per heavy atom. The second kappa shape index (κ2) is 4.30. The average molecular weight is 244 g/mol. The molecular weight excluding hydrogens is 228 g/mol. The van der Waals surface area contributed by atoms with Crippen LogP contribution in [-0.4, -0.2) is 24.0 Å². The van der Waals surface area contributed by atoms with Gasteiger partial charge in [-0.1, -0.05) is 0 Å². The number of carbonyl (C=O) groups is 1. The summed E-state index contributed by atoms with van der Waals surface area (Å²) in [7, 11) is 0. The highest BCUT2D eigenvalue weighted by Gasteiger charge is 2.39. The number of anilines is 1. The number of rotatable bonds is 2. The number of primary amides is 1. The molecule has 1 saturated heterocycles. The standard InChI is InChI=1S/C13H16N4O/c1-9-3-5-16-11(10(9)7-14)17-6-4-13(2,8-17)12(15)18/h3,5H,4,6,8H2,1-2H3,(H2,15,18). The van der Waals surface area contributed by atoms with Crippen LogP contribution in [0.15, 0.2) is 12.3 Å². The molecule has 1 aliphatic rings. The number of nitriles is 1.